The standard InChI is InChI=1S/C19H17N3O4/c1-20-19(24)17-11-22(14-7-3-5-9-16(14)25-17)18(23)10-13-12-6-2-4-8-15(12)26-21-13/h2-9,17H,10-11H2,1H3,(H,20,24)/t17-/m1/s1. The van der Waals surface area contributed by atoms with Crippen molar-refractivity contribution in [2.45, 2.75) is 12.5 Å². The lowest BCUT2D eigenvalue weighted by atomic mass is 10.1. The van der Waals surface area contributed by atoms with E-state index < -0.39 is 6.10 Å². The molecule has 1 aromatic heterocycles. The van der Waals surface area contributed by atoms with Crippen LogP contribution in [0.25, 0.3) is 11.0 Å². The van der Waals surface area contributed by atoms with Crippen molar-refractivity contribution in [3.8, 4) is 5.75 Å². The molecule has 2 heterocycles. The summed E-state index contributed by atoms with van der Waals surface area (Å²) in [5, 5.41) is 7.40. The van der Waals surface area contributed by atoms with Crippen LogP contribution in [0.15, 0.2) is 53.1 Å². The van der Waals surface area contributed by atoms with Crippen LogP contribution in [0.4, 0.5) is 5.69 Å². The third kappa shape index (κ3) is 2.77. The fourth-order valence-corrected chi connectivity index (χ4v) is 3.07. The van der Waals surface area contributed by atoms with Gasteiger partial charge in [0.15, 0.2) is 11.7 Å². The molecule has 1 aliphatic rings. The van der Waals surface area contributed by atoms with Gasteiger partial charge in [0.25, 0.3) is 5.91 Å². The highest BCUT2D eigenvalue weighted by Gasteiger charge is 2.33. The van der Waals surface area contributed by atoms with Gasteiger partial charge in [-0.3, -0.25) is 9.59 Å². The number of aromatic nitrogens is 1. The summed E-state index contributed by atoms with van der Waals surface area (Å²) in [5.74, 6) is 0.0589. The van der Waals surface area contributed by atoms with Gasteiger partial charge in [0.1, 0.15) is 11.4 Å². The van der Waals surface area contributed by atoms with Gasteiger partial charge in [-0.15, -0.1) is 0 Å². The van der Waals surface area contributed by atoms with Crippen LogP contribution >= 0.6 is 0 Å². The molecule has 0 saturated heterocycles. The summed E-state index contributed by atoms with van der Waals surface area (Å²) in [6, 6.07) is 14.6. The molecule has 0 bridgehead atoms. The summed E-state index contributed by atoms with van der Waals surface area (Å²) in [4.78, 5) is 26.6. The molecule has 1 atom stereocenters. The molecule has 0 spiro atoms. The topological polar surface area (TPSA) is 84.7 Å². The van der Waals surface area contributed by atoms with Crippen LogP contribution in [0.1, 0.15) is 5.69 Å². The first-order valence-corrected chi connectivity index (χ1v) is 8.28. The molecule has 132 valence electrons. The van der Waals surface area contributed by atoms with E-state index in [9.17, 15) is 9.59 Å². The molecular weight excluding hydrogens is 334 g/mol. The number of benzene rings is 2. The quantitative estimate of drug-likeness (QED) is 0.779. The van der Waals surface area contributed by atoms with Gasteiger partial charge < -0.3 is 19.5 Å². The second-order valence-electron chi connectivity index (χ2n) is 6.00. The summed E-state index contributed by atoms with van der Waals surface area (Å²) in [5.41, 5.74) is 1.86. The zero-order valence-electron chi connectivity index (χ0n) is 14.1. The molecule has 1 aliphatic heterocycles. The minimum Gasteiger partial charge on any atom is -0.477 e. The summed E-state index contributed by atoms with van der Waals surface area (Å²) in [6.07, 6.45) is -0.681. The number of fused-ring (bicyclic) bond motifs is 2. The maximum Gasteiger partial charge on any atom is 0.262 e. The fourth-order valence-electron chi connectivity index (χ4n) is 3.07. The Bertz CT molecular complexity index is 982. The van der Waals surface area contributed by atoms with Gasteiger partial charge in [-0.25, -0.2) is 0 Å². The van der Waals surface area contributed by atoms with Crippen molar-refractivity contribution in [1.82, 2.24) is 10.5 Å². The average molecular weight is 351 g/mol. The molecular formula is C19H17N3O4. The Kier molecular flexibility index (Phi) is 4.04. The van der Waals surface area contributed by atoms with Crippen molar-refractivity contribution in [1.29, 1.82) is 0 Å². The number of para-hydroxylation sites is 3. The van der Waals surface area contributed by atoms with E-state index >= 15 is 0 Å². The lowest BCUT2D eigenvalue weighted by molar-refractivity contribution is -0.127. The molecule has 3 aromatic rings. The number of ether oxygens (including phenoxy) is 1. The average Bonchev–Trinajstić information content (AvgIpc) is 3.09. The molecule has 2 aromatic carbocycles. The third-order valence-electron chi connectivity index (χ3n) is 4.38. The summed E-state index contributed by atoms with van der Waals surface area (Å²) in [6.45, 7) is 0.144. The highest BCUT2D eigenvalue weighted by atomic mass is 16.5. The Morgan fingerprint density at radius 2 is 1.96 bits per heavy atom. The summed E-state index contributed by atoms with van der Waals surface area (Å²) >= 11 is 0. The molecule has 7 nitrogen and oxygen atoms in total. The summed E-state index contributed by atoms with van der Waals surface area (Å²) in [7, 11) is 1.54. The number of hydrogen-bond acceptors (Lipinski definition) is 5. The number of likely N-dealkylation sites (N-methyl/N-ethyl adjacent to an activating group) is 1. The van der Waals surface area contributed by atoms with Crippen LogP contribution in [0, 0.1) is 0 Å². The second kappa shape index (κ2) is 6.51. The van der Waals surface area contributed by atoms with Crippen LogP contribution in [0.5, 0.6) is 5.75 Å². The Morgan fingerprint density at radius 1 is 1.19 bits per heavy atom. The number of rotatable bonds is 3. The van der Waals surface area contributed by atoms with E-state index in [0.717, 1.165) is 5.39 Å². The first-order valence-electron chi connectivity index (χ1n) is 8.28. The zero-order chi connectivity index (χ0) is 18.1. The fraction of sp³-hybridized carbons (Fsp3) is 0.211. The first-order chi connectivity index (χ1) is 12.7. The number of carbonyl (C=O) groups excluding carboxylic acids is 2. The van der Waals surface area contributed by atoms with E-state index in [-0.39, 0.29) is 24.8 Å². The van der Waals surface area contributed by atoms with Gasteiger partial charge in [-0.2, -0.15) is 0 Å². The maximum absolute atomic E-state index is 13.0. The number of amides is 2. The largest absolute Gasteiger partial charge is 0.477 e. The van der Waals surface area contributed by atoms with Gasteiger partial charge in [0.2, 0.25) is 5.91 Å². The molecule has 0 aliphatic carbocycles. The molecule has 0 saturated carbocycles. The number of nitrogens with zero attached hydrogens (tertiary/aromatic N) is 2. The maximum atomic E-state index is 13.0. The van der Waals surface area contributed by atoms with E-state index in [1.165, 1.54) is 0 Å². The van der Waals surface area contributed by atoms with Crippen LogP contribution in [-0.4, -0.2) is 36.7 Å². The van der Waals surface area contributed by atoms with Gasteiger partial charge in [-0.05, 0) is 24.3 Å². The highest BCUT2D eigenvalue weighted by Crippen LogP contribution is 2.33. The van der Waals surface area contributed by atoms with Gasteiger partial charge in [0, 0.05) is 12.4 Å². The lowest BCUT2D eigenvalue weighted by Crippen LogP contribution is -2.50. The Hall–Kier alpha value is -3.35. The second-order valence-corrected chi connectivity index (χ2v) is 6.00. The van der Waals surface area contributed by atoms with Crippen molar-refractivity contribution in [2.24, 2.45) is 0 Å². The van der Waals surface area contributed by atoms with Gasteiger partial charge in [0.05, 0.1) is 18.7 Å². The molecule has 2 amide bonds. The van der Waals surface area contributed by atoms with Crippen molar-refractivity contribution in [3.63, 3.8) is 0 Å². The van der Waals surface area contributed by atoms with Crippen LogP contribution in [0.3, 0.4) is 0 Å². The van der Waals surface area contributed by atoms with Crippen molar-refractivity contribution < 1.29 is 18.8 Å². The molecule has 7 heteroatoms. The minimum absolute atomic E-state index is 0.0752. The third-order valence-corrected chi connectivity index (χ3v) is 4.38. The molecule has 0 unspecified atom stereocenters. The molecule has 4 rings (SSSR count). The minimum atomic E-state index is -0.757. The predicted molar refractivity (Wildman–Crippen MR) is 95.0 cm³/mol. The Labute approximate surface area is 149 Å². The number of hydrogen-bond donors (Lipinski definition) is 1. The van der Waals surface area contributed by atoms with Crippen LogP contribution < -0.4 is 15.0 Å². The van der Waals surface area contributed by atoms with Crippen molar-refractivity contribution in [3.05, 3.63) is 54.2 Å². The SMILES string of the molecule is CNC(=O)[C@H]1CN(C(=O)Cc2noc3ccccc23)c2ccccc2O1. The van der Waals surface area contributed by atoms with Crippen molar-refractivity contribution in [2.75, 3.05) is 18.5 Å². The normalized spacial score (nSPS) is 16.0. The van der Waals surface area contributed by atoms with Gasteiger partial charge in [-0.1, -0.05) is 29.4 Å². The Balaban J connectivity index is 1.64. The van der Waals surface area contributed by atoms with Crippen molar-refractivity contribution >= 4 is 28.5 Å². The Morgan fingerprint density at radius 3 is 2.81 bits per heavy atom. The number of nitrogens with one attached hydrogen (secondary N) is 1. The van der Waals surface area contributed by atoms with E-state index in [4.69, 9.17) is 9.26 Å². The molecule has 1 N–H and O–H groups in total. The van der Waals surface area contributed by atoms with Gasteiger partial charge >= 0.3 is 0 Å². The molecule has 0 fully saturated rings. The monoisotopic (exact) mass is 351 g/mol. The van der Waals surface area contributed by atoms with E-state index in [1.54, 1.807) is 30.1 Å². The predicted octanol–water partition coefficient (Wildman–Crippen LogP) is 1.91. The highest BCUT2D eigenvalue weighted by molar-refractivity contribution is 5.99. The van der Waals surface area contributed by atoms with E-state index in [0.29, 0.717) is 22.7 Å². The van der Waals surface area contributed by atoms with E-state index in [1.807, 2.05) is 30.3 Å². The molecule has 26 heavy (non-hydrogen) atoms. The summed E-state index contributed by atoms with van der Waals surface area (Å²) < 4.78 is 11.0. The van der Waals surface area contributed by atoms with Crippen LogP contribution in [0.2, 0.25) is 0 Å². The van der Waals surface area contributed by atoms with E-state index in [2.05, 4.69) is 10.5 Å². The lowest BCUT2D eigenvalue weighted by Gasteiger charge is -2.33. The number of carbonyl (C=O) groups is 2. The molecule has 0 radical (unpaired) electrons. The smallest absolute Gasteiger partial charge is 0.262 e. The first kappa shape index (κ1) is 16.1. The number of anilines is 1. The van der Waals surface area contributed by atoms with Crippen LogP contribution in [-0.2, 0) is 16.0 Å². The zero-order valence-corrected chi connectivity index (χ0v) is 14.1.